The first-order chi connectivity index (χ1) is 9.76. The van der Waals surface area contributed by atoms with Crippen LogP contribution >= 0.6 is 0 Å². The van der Waals surface area contributed by atoms with E-state index in [1.807, 2.05) is 0 Å². The first-order valence-electron chi connectivity index (χ1n) is 7.50. The quantitative estimate of drug-likeness (QED) is 0.810. The van der Waals surface area contributed by atoms with Crippen LogP contribution in [0.15, 0.2) is 42.5 Å². The molecule has 2 aromatic rings. The molecule has 0 aliphatic heterocycles. The smallest absolute Gasteiger partial charge is 0.0543 e. The Morgan fingerprint density at radius 3 is 2.55 bits per heavy atom. The van der Waals surface area contributed by atoms with Crippen LogP contribution in [0.1, 0.15) is 38.3 Å². The molecule has 0 radical (unpaired) electrons. The van der Waals surface area contributed by atoms with Crippen molar-refractivity contribution in [3.05, 3.63) is 48.0 Å². The zero-order chi connectivity index (χ0) is 14.4. The molecule has 1 N–H and O–H groups in total. The summed E-state index contributed by atoms with van der Waals surface area (Å²) in [5.74, 6) is 0. The van der Waals surface area contributed by atoms with Gasteiger partial charge in [-0.1, -0.05) is 49.4 Å². The van der Waals surface area contributed by atoms with Crippen LogP contribution in [0.2, 0.25) is 0 Å². The molecule has 0 aliphatic carbocycles. The molecule has 0 saturated carbocycles. The van der Waals surface area contributed by atoms with Crippen molar-refractivity contribution in [1.82, 2.24) is 5.32 Å². The second-order valence-electron chi connectivity index (χ2n) is 5.30. The lowest BCUT2D eigenvalue weighted by Gasteiger charge is -2.21. The average Bonchev–Trinajstić information content (AvgIpc) is 2.50. The normalized spacial score (nSPS) is 14.3. The van der Waals surface area contributed by atoms with Crippen LogP contribution in [0.25, 0.3) is 10.8 Å². The van der Waals surface area contributed by atoms with Gasteiger partial charge in [0.05, 0.1) is 6.10 Å². The summed E-state index contributed by atoms with van der Waals surface area (Å²) >= 11 is 0. The molecule has 2 atom stereocenters. The van der Waals surface area contributed by atoms with Gasteiger partial charge in [-0.3, -0.25) is 0 Å². The number of benzene rings is 2. The molecule has 0 aliphatic rings. The van der Waals surface area contributed by atoms with Gasteiger partial charge >= 0.3 is 0 Å². The first kappa shape index (κ1) is 15.0. The van der Waals surface area contributed by atoms with Crippen molar-refractivity contribution in [3.8, 4) is 0 Å². The van der Waals surface area contributed by atoms with Crippen LogP contribution in [0.4, 0.5) is 0 Å². The minimum atomic E-state index is 0.311. The number of rotatable bonds is 7. The highest BCUT2D eigenvalue weighted by molar-refractivity contribution is 5.86. The van der Waals surface area contributed by atoms with E-state index in [1.54, 1.807) is 7.11 Å². The lowest BCUT2D eigenvalue weighted by molar-refractivity contribution is 0.106. The van der Waals surface area contributed by atoms with Crippen molar-refractivity contribution >= 4 is 10.8 Å². The van der Waals surface area contributed by atoms with E-state index in [9.17, 15) is 0 Å². The summed E-state index contributed by atoms with van der Waals surface area (Å²) in [4.78, 5) is 0. The van der Waals surface area contributed by atoms with Crippen LogP contribution in [0.5, 0.6) is 0 Å². The number of hydrogen-bond acceptors (Lipinski definition) is 2. The predicted octanol–water partition coefficient (Wildman–Crippen LogP) is 4.31. The van der Waals surface area contributed by atoms with Crippen LogP contribution in [-0.4, -0.2) is 19.8 Å². The van der Waals surface area contributed by atoms with Crippen molar-refractivity contribution in [3.63, 3.8) is 0 Å². The van der Waals surface area contributed by atoms with E-state index < -0.39 is 0 Å². The monoisotopic (exact) mass is 271 g/mol. The van der Waals surface area contributed by atoms with Gasteiger partial charge in [0.2, 0.25) is 0 Å². The Kier molecular flexibility index (Phi) is 5.57. The number of nitrogens with one attached hydrogen (secondary N) is 1. The van der Waals surface area contributed by atoms with Gasteiger partial charge < -0.3 is 10.1 Å². The van der Waals surface area contributed by atoms with Crippen molar-refractivity contribution in [1.29, 1.82) is 0 Å². The van der Waals surface area contributed by atoms with Crippen LogP contribution in [0, 0.1) is 0 Å². The van der Waals surface area contributed by atoms with Gasteiger partial charge in [0.1, 0.15) is 0 Å². The molecule has 0 heterocycles. The van der Waals surface area contributed by atoms with E-state index in [4.69, 9.17) is 4.74 Å². The zero-order valence-electron chi connectivity index (χ0n) is 12.7. The SMILES string of the molecule is CCNC(CCC(C)OC)c1cccc2ccccc12. The molecule has 0 fully saturated rings. The molecule has 108 valence electrons. The van der Waals surface area contributed by atoms with Crippen LogP contribution in [0.3, 0.4) is 0 Å². The Hall–Kier alpha value is -1.38. The maximum atomic E-state index is 5.37. The first-order valence-corrected chi connectivity index (χ1v) is 7.50. The lowest BCUT2D eigenvalue weighted by atomic mass is 9.95. The predicted molar refractivity (Wildman–Crippen MR) is 86.1 cm³/mol. The molecule has 0 saturated heterocycles. The maximum absolute atomic E-state index is 5.37. The zero-order valence-corrected chi connectivity index (χ0v) is 12.7. The molecule has 20 heavy (non-hydrogen) atoms. The Morgan fingerprint density at radius 1 is 1.05 bits per heavy atom. The molecular formula is C18H25NO. The largest absolute Gasteiger partial charge is 0.382 e. The fourth-order valence-corrected chi connectivity index (χ4v) is 2.69. The highest BCUT2D eigenvalue weighted by atomic mass is 16.5. The van der Waals surface area contributed by atoms with Crippen molar-refractivity contribution in [2.45, 2.75) is 38.8 Å². The standard InChI is InChI=1S/C18H25NO/c1-4-19-18(13-12-14(2)20-3)17-11-7-9-15-8-5-6-10-16(15)17/h5-11,14,18-19H,4,12-13H2,1-3H3. The van der Waals surface area contributed by atoms with E-state index in [0.717, 1.165) is 19.4 Å². The summed E-state index contributed by atoms with van der Waals surface area (Å²) in [5, 5.41) is 6.28. The molecule has 2 heteroatoms. The summed E-state index contributed by atoms with van der Waals surface area (Å²) < 4.78 is 5.37. The van der Waals surface area contributed by atoms with Gasteiger partial charge in [0.25, 0.3) is 0 Å². The highest BCUT2D eigenvalue weighted by Gasteiger charge is 2.14. The van der Waals surface area contributed by atoms with E-state index in [0.29, 0.717) is 12.1 Å². The van der Waals surface area contributed by atoms with Crippen molar-refractivity contribution < 1.29 is 4.74 Å². The summed E-state index contributed by atoms with van der Waals surface area (Å²) in [6, 6.07) is 15.6. The minimum absolute atomic E-state index is 0.311. The fourth-order valence-electron chi connectivity index (χ4n) is 2.69. The molecular weight excluding hydrogens is 246 g/mol. The van der Waals surface area contributed by atoms with Gasteiger partial charge in [-0.05, 0) is 42.6 Å². The van der Waals surface area contributed by atoms with Gasteiger partial charge in [0.15, 0.2) is 0 Å². The molecule has 2 aromatic carbocycles. The summed E-state index contributed by atoms with van der Waals surface area (Å²) in [6.07, 6.45) is 2.47. The molecule has 2 rings (SSSR count). The van der Waals surface area contributed by atoms with E-state index in [2.05, 4.69) is 61.6 Å². The minimum Gasteiger partial charge on any atom is -0.382 e. The third-order valence-electron chi connectivity index (χ3n) is 3.91. The second-order valence-corrected chi connectivity index (χ2v) is 5.30. The Bertz CT molecular complexity index is 532. The van der Waals surface area contributed by atoms with E-state index in [1.165, 1.54) is 16.3 Å². The molecule has 0 bridgehead atoms. The van der Waals surface area contributed by atoms with Crippen LogP contribution in [-0.2, 0) is 4.74 Å². The maximum Gasteiger partial charge on any atom is 0.0543 e. The molecule has 0 amide bonds. The van der Waals surface area contributed by atoms with E-state index in [-0.39, 0.29) is 0 Å². The third-order valence-corrected chi connectivity index (χ3v) is 3.91. The van der Waals surface area contributed by atoms with Gasteiger partial charge in [-0.15, -0.1) is 0 Å². The number of methoxy groups -OCH3 is 1. The Labute approximate surface area is 122 Å². The van der Waals surface area contributed by atoms with E-state index >= 15 is 0 Å². The number of hydrogen-bond donors (Lipinski definition) is 1. The molecule has 2 nitrogen and oxygen atoms in total. The molecule has 2 unspecified atom stereocenters. The summed E-state index contributed by atoms with van der Waals surface area (Å²) in [6.45, 7) is 5.28. The van der Waals surface area contributed by atoms with Gasteiger partial charge in [0, 0.05) is 13.2 Å². The number of fused-ring (bicyclic) bond motifs is 1. The van der Waals surface area contributed by atoms with Crippen molar-refractivity contribution in [2.24, 2.45) is 0 Å². The molecule has 0 spiro atoms. The third kappa shape index (κ3) is 3.59. The summed E-state index contributed by atoms with van der Waals surface area (Å²) in [7, 11) is 1.78. The Morgan fingerprint density at radius 2 is 1.80 bits per heavy atom. The molecule has 0 aromatic heterocycles. The highest BCUT2D eigenvalue weighted by Crippen LogP contribution is 2.27. The van der Waals surface area contributed by atoms with Crippen LogP contribution < -0.4 is 5.32 Å². The van der Waals surface area contributed by atoms with Gasteiger partial charge in [-0.25, -0.2) is 0 Å². The summed E-state index contributed by atoms with van der Waals surface area (Å²) in [5.41, 5.74) is 1.40. The topological polar surface area (TPSA) is 21.3 Å². The average molecular weight is 271 g/mol. The van der Waals surface area contributed by atoms with Gasteiger partial charge in [-0.2, -0.15) is 0 Å². The second kappa shape index (κ2) is 7.41. The number of ether oxygens (including phenoxy) is 1. The van der Waals surface area contributed by atoms with Crippen molar-refractivity contribution in [2.75, 3.05) is 13.7 Å². The Balaban J connectivity index is 2.26. The lowest BCUT2D eigenvalue weighted by Crippen LogP contribution is -2.22. The fraction of sp³-hybridized carbons (Fsp3) is 0.444.